The summed E-state index contributed by atoms with van der Waals surface area (Å²) in [4.78, 5) is 9.47. The Morgan fingerprint density at radius 2 is 0.880 bits per heavy atom. The molecule has 5 heteroatoms. The average Bonchev–Trinajstić information content (AvgIpc) is 1.96. The van der Waals surface area contributed by atoms with Crippen LogP contribution >= 0.6 is 11.3 Å². The zero-order chi connectivity index (χ0) is 57.3. The maximum atomic E-state index is 2.76. The third kappa shape index (κ3) is 8.32. The topological polar surface area (TPSA) is 14.7 Å². The minimum atomic E-state index is -0.112. The molecule has 4 saturated carbocycles. The molecule has 4 nitrogen and oxygen atoms in total. The van der Waals surface area contributed by atoms with Crippen molar-refractivity contribution in [2.45, 2.75) is 149 Å². The van der Waals surface area contributed by atoms with Gasteiger partial charge in [0.2, 0.25) is 0 Å². The molecule has 0 amide bonds. The van der Waals surface area contributed by atoms with E-state index in [2.05, 4.69) is 278 Å². The van der Waals surface area contributed by atoms with Crippen LogP contribution in [0.5, 0.6) is 0 Å². The van der Waals surface area contributed by atoms with Crippen LogP contribution in [0.15, 0.2) is 176 Å². The second kappa shape index (κ2) is 18.3. The standard InChI is InChI=1S/C78H80N4S/c1-74(2,3)53-23-30-58(31-24-53)79-62-37-29-56(77(10,11)12)42-64(62)82-69-65(79)43-57(78-45-48-39-49(46-78)41-50(40-48)47-78)44-66(69)80(59-32-25-54(26-33-59)75(4,5)6)70-68-63(81(73(70)82)60-34-27-55(28-35-60)76(7,8)9)38-36-61-67(51-19-15-13-16-20-51)71(83-72(61)68)52-21-17-14-18-22-52/h13-38,42-44,48-50H,39-41,45-47H2,1-12H3. The van der Waals surface area contributed by atoms with Crippen LogP contribution in [-0.2, 0) is 27.1 Å². The van der Waals surface area contributed by atoms with Crippen LogP contribution < -0.4 is 14.7 Å². The summed E-state index contributed by atoms with van der Waals surface area (Å²) < 4.78 is 3.96. The monoisotopic (exact) mass is 1100 g/mol. The van der Waals surface area contributed by atoms with Gasteiger partial charge in [0, 0.05) is 43.0 Å². The molecule has 83 heavy (non-hydrogen) atoms. The first kappa shape index (κ1) is 52.5. The highest BCUT2D eigenvalue weighted by Gasteiger charge is 2.53. The molecule has 10 aromatic rings. The van der Waals surface area contributed by atoms with Crippen molar-refractivity contribution in [3.63, 3.8) is 0 Å². The summed E-state index contributed by atoms with van der Waals surface area (Å²) in [5.74, 6) is 3.55. The average molecular weight is 1110 g/mol. The van der Waals surface area contributed by atoms with Gasteiger partial charge in [-0.3, -0.25) is 9.47 Å². The number of nitrogens with zero attached hydrogens (tertiary/aromatic N) is 4. The lowest BCUT2D eigenvalue weighted by molar-refractivity contribution is -0.00514. The van der Waals surface area contributed by atoms with Gasteiger partial charge in [-0.2, -0.15) is 0 Å². The molecule has 2 aromatic heterocycles. The van der Waals surface area contributed by atoms with Crippen molar-refractivity contribution in [3.05, 3.63) is 204 Å². The molecule has 0 unspecified atom stereocenters. The highest BCUT2D eigenvalue weighted by Crippen LogP contribution is 2.69. The zero-order valence-corrected chi connectivity index (χ0v) is 51.7. The van der Waals surface area contributed by atoms with Gasteiger partial charge in [-0.25, -0.2) is 0 Å². The van der Waals surface area contributed by atoms with Crippen molar-refractivity contribution in [3.8, 4) is 27.3 Å². The SMILES string of the molecule is CC(C)(C)c1ccc(N2c3ccc(C(C)(C)C)cc3N3c4c2cc(C25CC6CC(CC(C6)C2)C5)cc4N(c2ccc(C(C)(C)C)cc2)c2c3n(-c3ccc(C(C)(C)C)cc3)c3ccc4c(-c5ccccc5)c(-c5ccccc5)sc4c23)cc1. The maximum Gasteiger partial charge on any atom is 0.148 e. The van der Waals surface area contributed by atoms with Crippen LogP contribution in [0.2, 0.25) is 0 Å². The van der Waals surface area contributed by atoms with Crippen molar-refractivity contribution in [1.82, 2.24) is 4.57 Å². The molecule has 6 aliphatic rings. The van der Waals surface area contributed by atoms with Crippen molar-refractivity contribution in [2.75, 3.05) is 14.7 Å². The number of hydrogen-bond donors (Lipinski definition) is 0. The molecule has 0 radical (unpaired) electrons. The van der Waals surface area contributed by atoms with Crippen LogP contribution in [0.1, 0.15) is 149 Å². The highest BCUT2D eigenvalue weighted by molar-refractivity contribution is 7.24. The third-order valence-electron chi connectivity index (χ3n) is 20.0. The summed E-state index contributed by atoms with van der Waals surface area (Å²) >= 11 is 1.97. The molecule has 4 bridgehead atoms. The first-order valence-corrected chi connectivity index (χ1v) is 31.7. The predicted molar refractivity (Wildman–Crippen MR) is 355 cm³/mol. The minimum absolute atomic E-state index is 0.0104. The largest absolute Gasteiger partial charge is 0.306 e. The first-order valence-electron chi connectivity index (χ1n) is 30.9. The van der Waals surface area contributed by atoms with Gasteiger partial charge in [-0.1, -0.05) is 192 Å². The quantitative estimate of drug-likeness (QED) is 0.165. The number of thiophene rings is 1. The van der Waals surface area contributed by atoms with Crippen LogP contribution in [-0.4, -0.2) is 4.57 Å². The summed E-state index contributed by atoms with van der Waals surface area (Å²) in [6.45, 7) is 28.1. The zero-order valence-electron chi connectivity index (χ0n) is 50.9. The lowest BCUT2D eigenvalue weighted by atomic mass is 9.48. The van der Waals surface area contributed by atoms with Crippen LogP contribution in [0.4, 0.5) is 51.3 Å². The lowest BCUT2D eigenvalue weighted by Crippen LogP contribution is -2.48. The first-order chi connectivity index (χ1) is 39.6. The Morgan fingerprint density at radius 1 is 0.410 bits per heavy atom. The molecule has 4 fully saturated rings. The molecule has 8 aromatic carbocycles. The molecular weight excluding hydrogens is 1020 g/mol. The van der Waals surface area contributed by atoms with E-state index in [0.29, 0.717) is 0 Å². The number of rotatable bonds is 6. The van der Waals surface area contributed by atoms with Crippen molar-refractivity contribution < 1.29 is 0 Å². The Labute approximate surface area is 497 Å². The fraction of sp³-hybridized carbons (Fsp3) is 0.333. The number of benzene rings is 8. The van der Waals surface area contributed by atoms with E-state index in [0.717, 1.165) is 29.3 Å². The molecule has 2 aliphatic heterocycles. The molecule has 0 N–H and O–H groups in total. The molecule has 0 spiro atoms. The fourth-order valence-corrected chi connectivity index (χ4v) is 17.4. The van der Waals surface area contributed by atoms with Crippen LogP contribution in [0, 0.1) is 17.8 Å². The molecule has 0 atom stereocenters. The molecule has 4 aliphatic carbocycles. The van der Waals surface area contributed by atoms with Crippen LogP contribution in [0.3, 0.4) is 0 Å². The van der Waals surface area contributed by atoms with Gasteiger partial charge in [0.25, 0.3) is 0 Å². The number of hydrogen-bond acceptors (Lipinski definition) is 4. The van der Waals surface area contributed by atoms with E-state index in [9.17, 15) is 0 Å². The van der Waals surface area contributed by atoms with E-state index in [1.165, 1.54) is 154 Å². The Bertz CT molecular complexity index is 4150. The van der Waals surface area contributed by atoms with Gasteiger partial charge in [-0.15, -0.1) is 11.3 Å². The Morgan fingerprint density at radius 3 is 1.40 bits per heavy atom. The summed E-state index contributed by atoms with van der Waals surface area (Å²) in [5.41, 5.74) is 22.7. The second-order valence-electron chi connectivity index (χ2n) is 29.8. The Kier molecular flexibility index (Phi) is 11.6. The molecule has 4 heterocycles. The van der Waals surface area contributed by atoms with E-state index >= 15 is 0 Å². The number of aromatic nitrogens is 1. The van der Waals surface area contributed by atoms with E-state index in [1.807, 2.05) is 11.3 Å². The fourth-order valence-electron chi connectivity index (χ4n) is 16.0. The molecule has 0 saturated heterocycles. The van der Waals surface area contributed by atoms with Gasteiger partial charge in [-0.05, 0) is 189 Å². The predicted octanol–water partition coefficient (Wildman–Crippen LogP) is 22.9. The number of anilines is 9. The van der Waals surface area contributed by atoms with Crippen LogP contribution in [0.25, 0.3) is 48.2 Å². The van der Waals surface area contributed by atoms with Crippen molar-refractivity contribution in [1.29, 1.82) is 0 Å². The Hall–Kier alpha value is -7.34. The Balaban J connectivity index is 1.13. The maximum absolute atomic E-state index is 2.76. The van der Waals surface area contributed by atoms with Crippen molar-refractivity contribution in [2.24, 2.45) is 17.8 Å². The normalized spacial score (nSPS) is 20.1. The van der Waals surface area contributed by atoms with Gasteiger partial charge in [0.1, 0.15) is 5.82 Å². The van der Waals surface area contributed by atoms with Gasteiger partial charge in [0.15, 0.2) is 0 Å². The molecule has 418 valence electrons. The molecular formula is C78H80N4S. The van der Waals surface area contributed by atoms with Gasteiger partial charge >= 0.3 is 0 Å². The minimum Gasteiger partial charge on any atom is -0.306 e. The smallest absolute Gasteiger partial charge is 0.148 e. The number of fused-ring (bicyclic) bond motifs is 8. The molecule has 16 rings (SSSR count). The van der Waals surface area contributed by atoms with E-state index in [-0.39, 0.29) is 27.1 Å². The third-order valence-corrected chi connectivity index (χ3v) is 21.3. The summed E-state index contributed by atoms with van der Waals surface area (Å²) in [6, 6.07) is 69.0. The summed E-state index contributed by atoms with van der Waals surface area (Å²) in [7, 11) is 0. The summed E-state index contributed by atoms with van der Waals surface area (Å²) in [6.07, 6.45) is 8.05. The van der Waals surface area contributed by atoms with Gasteiger partial charge < -0.3 is 9.80 Å². The van der Waals surface area contributed by atoms with Crippen molar-refractivity contribution >= 4 is 83.6 Å². The highest BCUT2D eigenvalue weighted by atomic mass is 32.1. The van der Waals surface area contributed by atoms with E-state index < -0.39 is 0 Å². The summed E-state index contributed by atoms with van der Waals surface area (Å²) in [5, 5.41) is 2.56. The van der Waals surface area contributed by atoms with E-state index in [4.69, 9.17) is 0 Å². The lowest BCUT2D eigenvalue weighted by Gasteiger charge is -2.57. The second-order valence-corrected chi connectivity index (χ2v) is 30.8. The van der Waals surface area contributed by atoms with E-state index in [1.54, 1.807) is 0 Å². The van der Waals surface area contributed by atoms with Gasteiger partial charge in [0.05, 0.1) is 39.6 Å².